The zero-order valence-corrected chi connectivity index (χ0v) is 13.4. The molecule has 110 valence electrons. The molecule has 0 aliphatic rings. The van der Waals surface area contributed by atoms with Crippen molar-refractivity contribution in [3.8, 4) is 17.2 Å². The van der Waals surface area contributed by atoms with Gasteiger partial charge in [0.05, 0.1) is 7.11 Å². The summed E-state index contributed by atoms with van der Waals surface area (Å²) < 4.78 is 5.86. The Morgan fingerprint density at radius 3 is 2.67 bits per heavy atom. The van der Waals surface area contributed by atoms with Crippen LogP contribution in [-0.2, 0) is 6.42 Å². The molecule has 0 radical (unpaired) electrons. The minimum Gasteiger partial charge on any atom is -0.506 e. The first kappa shape index (κ1) is 15.4. The highest BCUT2D eigenvalue weighted by Crippen LogP contribution is 2.33. The van der Waals surface area contributed by atoms with Gasteiger partial charge in [-0.1, -0.05) is 28.9 Å². The Morgan fingerprint density at radius 1 is 1.24 bits per heavy atom. The molecule has 0 fully saturated rings. The molecule has 0 amide bonds. The van der Waals surface area contributed by atoms with E-state index in [4.69, 9.17) is 4.74 Å². The zero-order chi connectivity index (χ0) is 15.4. The summed E-state index contributed by atoms with van der Waals surface area (Å²) in [7, 11) is 1.49. The van der Waals surface area contributed by atoms with E-state index in [0.717, 1.165) is 16.5 Å². The van der Waals surface area contributed by atoms with Crippen molar-refractivity contribution >= 4 is 27.8 Å². The summed E-state index contributed by atoms with van der Waals surface area (Å²) in [5.41, 5.74) is 2.05. The number of aryl methyl sites for hydroxylation is 1. The minimum absolute atomic E-state index is 0.00980. The van der Waals surface area contributed by atoms with Crippen LogP contribution in [0.2, 0.25) is 0 Å². The summed E-state index contributed by atoms with van der Waals surface area (Å²) in [4.78, 5) is 4.25. The Kier molecular flexibility index (Phi) is 4.85. The fraction of sp³-hybridized carbons (Fsp3) is 0.188. The van der Waals surface area contributed by atoms with Crippen molar-refractivity contribution in [1.29, 1.82) is 0 Å². The molecule has 21 heavy (non-hydrogen) atoms. The lowest BCUT2D eigenvalue weighted by Gasteiger charge is -2.07. The van der Waals surface area contributed by atoms with E-state index in [1.165, 1.54) is 13.3 Å². The van der Waals surface area contributed by atoms with Gasteiger partial charge in [-0.05, 0) is 36.2 Å². The van der Waals surface area contributed by atoms with E-state index < -0.39 is 0 Å². The van der Waals surface area contributed by atoms with Crippen molar-refractivity contribution in [2.75, 3.05) is 7.11 Å². The van der Waals surface area contributed by atoms with Crippen molar-refractivity contribution in [2.45, 2.75) is 13.3 Å². The van der Waals surface area contributed by atoms with E-state index in [2.05, 4.69) is 20.9 Å². The highest BCUT2D eigenvalue weighted by molar-refractivity contribution is 9.10. The molecule has 0 atom stereocenters. The lowest BCUT2D eigenvalue weighted by atomic mass is 10.1. The van der Waals surface area contributed by atoms with Crippen LogP contribution >= 0.6 is 15.9 Å². The molecule has 5 heteroatoms. The van der Waals surface area contributed by atoms with Gasteiger partial charge in [0.25, 0.3) is 0 Å². The zero-order valence-electron chi connectivity index (χ0n) is 11.8. The highest BCUT2D eigenvalue weighted by Gasteiger charge is 2.08. The van der Waals surface area contributed by atoms with E-state index in [-0.39, 0.29) is 11.5 Å². The quantitative estimate of drug-likeness (QED) is 0.813. The molecule has 0 aromatic heterocycles. The summed E-state index contributed by atoms with van der Waals surface area (Å²) in [6.45, 7) is 2.03. The first-order valence-corrected chi connectivity index (χ1v) is 7.27. The lowest BCUT2D eigenvalue weighted by Crippen LogP contribution is -1.89. The molecule has 0 heterocycles. The van der Waals surface area contributed by atoms with Gasteiger partial charge in [0, 0.05) is 16.3 Å². The molecule has 0 saturated carbocycles. The summed E-state index contributed by atoms with van der Waals surface area (Å²) in [5.74, 6) is 0.470. The molecule has 0 saturated heterocycles. The fourth-order valence-electron chi connectivity index (χ4n) is 1.88. The number of halogens is 1. The van der Waals surface area contributed by atoms with Crippen molar-refractivity contribution < 1.29 is 14.9 Å². The number of aromatic hydroxyl groups is 2. The second-order valence-corrected chi connectivity index (χ2v) is 5.40. The van der Waals surface area contributed by atoms with Gasteiger partial charge in [-0.3, -0.25) is 4.99 Å². The molecule has 0 aliphatic heterocycles. The molecule has 2 N–H and O–H groups in total. The fourth-order valence-corrected chi connectivity index (χ4v) is 2.33. The van der Waals surface area contributed by atoms with Crippen molar-refractivity contribution in [2.24, 2.45) is 4.99 Å². The van der Waals surface area contributed by atoms with E-state index in [1.54, 1.807) is 18.2 Å². The van der Waals surface area contributed by atoms with Crippen LogP contribution in [0.15, 0.2) is 39.8 Å². The first-order chi connectivity index (χ1) is 10.0. The second kappa shape index (κ2) is 6.63. The van der Waals surface area contributed by atoms with Gasteiger partial charge in [-0.15, -0.1) is 0 Å². The maximum absolute atomic E-state index is 10.1. The van der Waals surface area contributed by atoms with Crippen LogP contribution in [-0.4, -0.2) is 23.5 Å². The predicted molar refractivity (Wildman–Crippen MR) is 87.1 cm³/mol. The SMILES string of the molecule is CCc1ccc(O)c(N=Cc2cc(Br)cc(OC)c2O)c1. The number of aliphatic imine (C=N–C) groups is 1. The van der Waals surface area contributed by atoms with E-state index in [1.807, 2.05) is 19.1 Å². The molecular weight excluding hydrogens is 334 g/mol. The van der Waals surface area contributed by atoms with Gasteiger partial charge in [0.2, 0.25) is 0 Å². The summed E-state index contributed by atoms with van der Waals surface area (Å²) in [6.07, 6.45) is 2.36. The van der Waals surface area contributed by atoms with Gasteiger partial charge in [0.15, 0.2) is 11.5 Å². The third-order valence-electron chi connectivity index (χ3n) is 3.08. The third-order valence-corrected chi connectivity index (χ3v) is 3.54. The Bertz CT molecular complexity index is 683. The number of hydrogen-bond acceptors (Lipinski definition) is 4. The van der Waals surface area contributed by atoms with E-state index >= 15 is 0 Å². The average Bonchev–Trinajstić information content (AvgIpc) is 2.49. The van der Waals surface area contributed by atoms with Crippen LogP contribution in [0.5, 0.6) is 17.2 Å². The maximum Gasteiger partial charge on any atom is 0.166 e. The molecule has 0 bridgehead atoms. The van der Waals surface area contributed by atoms with Crippen LogP contribution in [0.3, 0.4) is 0 Å². The standard InChI is InChI=1S/C16H16BrNO3/c1-3-10-4-5-14(19)13(6-10)18-9-11-7-12(17)8-15(21-2)16(11)20/h4-9,19-20H,3H2,1-2H3. The summed E-state index contributed by atoms with van der Waals surface area (Å²) >= 11 is 3.35. The molecule has 2 aromatic carbocycles. The van der Waals surface area contributed by atoms with Crippen molar-refractivity contribution in [3.63, 3.8) is 0 Å². The van der Waals surface area contributed by atoms with Crippen molar-refractivity contribution in [3.05, 3.63) is 45.9 Å². The van der Waals surface area contributed by atoms with Crippen molar-refractivity contribution in [1.82, 2.24) is 0 Å². The number of ether oxygens (including phenoxy) is 1. The molecule has 0 aliphatic carbocycles. The summed E-state index contributed by atoms with van der Waals surface area (Å²) in [6, 6.07) is 8.68. The maximum atomic E-state index is 10.1. The molecular formula is C16H16BrNO3. The average molecular weight is 350 g/mol. The molecule has 0 unspecified atom stereocenters. The number of phenolic OH excluding ortho intramolecular Hbond substituents is 2. The minimum atomic E-state index is 0.00980. The molecule has 0 spiro atoms. The Balaban J connectivity index is 2.40. The number of nitrogens with zero attached hydrogens (tertiary/aromatic N) is 1. The van der Waals surface area contributed by atoms with Gasteiger partial charge in [-0.2, -0.15) is 0 Å². The van der Waals surface area contributed by atoms with E-state index in [0.29, 0.717) is 17.0 Å². The monoisotopic (exact) mass is 349 g/mol. The first-order valence-electron chi connectivity index (χ1n) is 6.47. The van der Waals surface area contributed by atoms with Gasteiger partial charge >= 0.3 is 0 Å². The molecule has 4 nitrogen and oxygen atoms in total. The van der Waals surface area contributed by atoms with Crippen LogP contribution in [0.25, 0.3) is 0 Å². The number of methoxy groups -OCH3 is 1. The lowest BCUT2D eigenvalue weighted by molar-refractivity contribution is 0.373. The van der Waals surface area contributed by atoms with Gasteiger partial charge in [-0.25, -0.2) is 0 Å². The molecule has 2 rings (SSSR count). The number of phenols is 2. The van der Waals surface area contributed by atoms with Crippen LogP contribution < -0.4 is 4.74 Å². The summed E-state index contributed by atoms with van der Waals surface area (Å²) in [5, 5.41) is 19.9. The van der Waals surface area contributed by atoms with Gasteiger partial charge in [0.1, 0.15) is 11.4 Å². The predicted octanol–water partition coefficient (Wildman–Crippen LogP) is 4.18. The van der Waals surface area contributed by atoms with E-state index in [9.17, 15) is 10.2 Å². The normalized spacial score (nSPS) is 11.0. The van der Waals surface area contributed by atoms with Crippen LogP contribution in [0.1, 0.15) is 18.1 Å². The second-order valence-electron chi connectivity index (χ2n) is 4.48. The Hall–Kier alpha value is -2.01. The Labute approximate surface area is 131 Å². The topological polar surface area (TPSA) is 62.1 Å². The Morgan fingerprint density at radius 2 is 2.00 bits per heavy atom. The van der Waals surface area contributed by atoms with Crippen LogP contribution in [0, 0.1) is 0 Å². The number of benzene rings is 2. The van der Waals surface area contributed by atoms with Crippen LogP contribution in [0.4, 0.5) is 5.69 Å². The third kappa shape index (κ3) is 3.55. The van der Waals surface area contributed by atoms with Gasteiger partial charge < -0.3 is 14.9 Å². The molecule has 2 aromatic rings. The smallest absolute Gasteiger partial charge is 0.166 e. The number of rotatable bonds is 4. The number of hydrogen-bond donors (Lipinski definition) is 2. The highest BCUT2D eigenvalue weighted by atomic mass is 79.9. The largest absolute Gasteiger partial charge is 0.506 e.